The highest BCUT2D eigenvalue weighted by atomic mass is 32.2. The van der Waals surface area contributed by atoms with Gasteiger partial charge >= 0.3 is 0 Å². The molecule has 1 aromatic heterocycles. The van der Waals surface area contributed by atoms with Gasteiger partial charge in [0.15, 0.2) is 11.0 Å². The van der Waals surface area contributed by atoms with E-state index in [1.54, 1.807) is 12.1 Å². The van der Waals surface area contributed by atoms with Crippen molar-refractivity contribution in [2.75, 3.05) is 25.4 Å². The lowest BCUT2D eigenvalue weighted by Gasteiger charge is -2.31. The van der Waals surface area contributed by atoms with Crippen molar-refractivity contribution < 1.29 is 9.18 Å². The van der Waals surface area contributed by atoms with Gasteiger partial charge in [0, 0.05) is 30.4 Å². The minimum atomic E-state index is -0.305. The van der Waals surface area contributed by atoms with Gasteiger partial charge in [-0.1, -0.05) is 49.0 Å². The standard InChI is InChI=1S/C23H26FN5OS/c1-2-28-14-12-19(13-15-28)25-21(30)16-31-23-27-26-22(17-6-4-3-5-7-17)29(23)20-10-8-18(24)9-11-20/h3-11,19H,2,12-16H2,1H3,(H,25,30). The molecular weight excluding hydrogens is 413 g/mol. The number of nitrogens with zero attached hydrogens (tertiary/aromatic N) is 4. The topological polar surface area (TPSA) is 63.1 Å². The van der Waals surface area contributed by atoms with Gasteiger partial charge in [-0.2, -0.15) is 0 Å². The Balaban J connectivity index is 1.48. The van der Waals surface area contributed by atoms with E-state index in [2.05, 4.69) is 27.3 Å². The summed E-state index contributed by atoms with van der Waals surface area (Å²) < 4.78 is 15.3. The normalized spacial score (nSPS) is 15.2. The first-order chi connectivity index (χ1) is 15.1. The van der Waals surface area contributed by atoms with Crippen LogP contribution in [0.1, 0.15) is 19.8 Å². The summed E-state index contributed by atoms with van der Waals surface area (Å²) in [7, 11) is 0. The molecule has 0 saturated carbocycles. The van der Waals surface area contributed by atoms with Crippen molar-refractivity contribution in [3.05, 3.63) is 60.4 Å². The predicted molar refractivity (Wildman–Crippen MR) is 121 cm³/mol. The predicted octanol–water partition coefficient (Wildman–Crippen LogP) is 3.77. The molecule has 1 saturated heterocycles. The molecule has 1 fully saturated rings. The van der Waals surface area contributed by atoms with E-state index in [1.807, 2.05) is 34.9 Å². The van der Waals surface area contributed by atoms with Crippen molar-refractivity contribution in [1.82, 2.24) is 25.0 Å². The molecule has 162 valence electrons. The molecule has 4 rings (SSSR count). The second kappa shape index (κ2) is 10.1. The number of nitrogens with one attached hydrogen (secondary N) is 1. The summed E-state index contributed by atoms with van der Waals surface area (Å²) in [6.45, 7) is 5.26. The van der Waals surface area contributed by atoms with Gasteiger partial charge in [0.2, 0.25) is 5.91 Å². The molecule has 0 spiro atoms. The molecule has 0 aliphatic carbocycles. The molecule has 3 aromatic rings. The maximum Gasteiger partial charge on any atom is 0.230 e. The highest BCUT2D eigenvalue weighted by molar-refractivity contribution is 7.99. The van der Waals surface area contributed by atoms with E-state index in [0.717, 1.165) is 43.7 Å². The Labute approximate surface area is 185 Å². The minimum absolute atomic E-state index is 0.00475. The van der Waals surface area contributed by atoms with Crippen LogP contribution < -0.4 is 5.32 Å². The fourth-order valence-corrected chi connectivity index (χ4v) is 4.52. The number of hydrogen-bond donors (Lipinski definition) is 1. The molecule has 31 heavy (non-hydrogen) atoms. The van der Waals surface area contributed by atoms with Gasteiger partial charge in [-0.05, 0) is 43.7 Å². The fourth-order valence-electron chi connectivity index (χ4n) is 3.75. The van der Waals surface area contributed by atoms with E-state index in [0.29, 0.717) is 11.0 Å². The Bertz CT molecular complexity index is 1000. The fraction of sp³-hybridized carbons (Fsp3) is 0.348. The van der Waals surface area contributed by atoms with Crippen LogP contribution in [0.25, 0.3) is 17.1 Å². The molecule has 6 nitrogen and oxygen atoms in total. The Morgan fingerprint density at radius 1 is 1.10 bits per heavy atom. The Kier molecular flexibility index (Phi) is 6.99. The largest absolute Gasteiger partial charge is 0.353 e. The van der Waals surface area contributed by atoms with Crippen molar-refractivity contribution in [2.24, 2.45) is 0 Å². The molecule has 0 radical (unpaired) electrons. The van der Waals surface area contributed by atoms with Crippen molar-refractivity contribution in [3.63, 3.8) is 0 Å². The lowest BCUT2D eigenvalue weighted by atomic mass is 10.1. The third-order valence-corrected chi connectivity index (χ3v) is 6.41. The second-order valence-corrected chi connectivity index (χ2v) is 8.49. The van der Waals surface area contributed by atoms with Crippen molar-refractivity contribution in [1.29, 1.82) is 0 Å². The summed E-state index contributed by atoms with van der Waals surface area (Å²) >= 11 is 1.34. The first kappa shape index (κ1) is 21.5. The molecule has 0 bridgehead atoms. The van der Waals surface area contributed by atoms with E-state index in [4.69, 9.17) is 0 Å². The van der Waals surface area contributed by atoms with Crippen LogP contribution in [0.5, 0.6) is 0 Å². The highest BCUT2D eigenvalue weighted by Crippen LogP contribution is 2.28. The molecule has 1 aliphatic rings. The number of benzene rings is 2. The molecule has 0 atom stereocenters. The third kappa shape index (κ3) is 5.32. The van der Waals surface area contributed by atoms with E-state index < -0.39 is 0 Å². The van der Waals surface area contributed by atoms with Crippen molar-refractivity contribution in [2.45, 2.75) is 31.0 Å². The number of likely N-dealkylation sites (tertiary alicyclic amines) is 1. The van der Waals surface area contributed by atoms with Crippen LogP contribution in [0.15, 0.2) is 59.8 Å². The van der Waals surface area contributed by atoms with Gasteiger partial charge in [0.1, 0.15) is 5.82 Å². The number of hydrogen-bond acceptors (Lipinski definition) is 5. The van der Waals surface area contributed by atoms with Crippen LogP contribution in [-0.2, 0) is 4.79 Å². The molecule has 8 heteroatoms. The number of amides is 1. The minimum Gasteiger partial charge on any atom is -0.353 e. The Hall–Kier alpha value is -2.71. The zero-order valence-electron chi connectivity index (χ0n) is 17.5. The van der Waals surface area contributed by atoms with E-state index in [-0.39, 0.29) is 23.5 Å². The van der Waals surface area contributed by atoms with E-state index in [1.165, 1.54) is 23.9 Å². The Morgan fingerprint density at radius 3 is 2.48 bits per heavy atom. The molecular formula is C23H26FN5OS. The van der Waals surface area contributed by atoms with Crippen molar-refractivity contribution >= 4 is 17.7 Å². The van der Waals surface area contributed by atoms with Gasteiger partial charge in [0.05, 0.1) is 5.75 Å². The highest BCUT2D eigenvalue weighted by Gasteiger charge is 2.21. The summed E-state index contributed by atoms with van der Waals surface area (Å²) in [6, 6.07) is 16.1. The number of halogens is 1. The molecule has 2 aromatic carbocycles. The zero-order valence-corrected chi connectivity index (χ0v) is 18.3. The smallest absolute Gasteiger partial charge is 0.230 e. The van der Waals surface area contributed by atoms with Gasteiger partial charge in [-0.25, -0.2) is 4.39 Å². The lowest BCUT2D eigenvalue weighted by Crippen LogP contribution is -2.45. The van der Waals surface area contributed by atoms with E-state index >= 15 is 0 Å². The zero-order chi connectivity index (χ0) is 21.6. The summed E-state index contributed by atoms with van der Waals surface area (Å²) in [4.78, 5) is 14.9. The van der Waals surface area contributed by atoms with Crippen LogP contribution >= 0.6 is 11.8 Å². The number of carbonyl (C=O) groups excluding carboxylic acids is 1. The van der Waals surface area contributed by atoms with Gasteiger partial charge in [-0.3, -0.25) is 9.36 Å². The number of thioether (sulfide) groups is 1. The monoisotopic (exact) mass is 439 g/mol. The molecule has 1 amide bonds. The Morgan fingerprint density at radius 2 is 1.81 bits per heavy atom. The molecule has 1 N–H and O–H groups in total. The molecule has 0 unspecified atom stereocenters. The average molecular weight is 440 g/mol. The summed E-state index contributed by atoms with van der Waals surface area (Å²) in [5, 5.41) is 12.4. The SMILES string of the molecule is CCN1CCC(NC(=O)CSc2nnc(-c3ccccc3)n2-c2ccc(F)cc2)CC1. The summed E-state index contributed by atoms with van der Waals surface area (Å²) in [5.74, 6) is 0.597. The first-order valence-corrected chi connectivity index (χ1v) is 11.5. The van der Waals surface area contributed by atoms with Gasteiger partial charge in [0.25, 0.3) is 0 Å². The maximum absolute atomic E-state index is 13.5. The number of aromatic nitrogens is 3. The summed E-state index contributed by atoms with van der Waals surface area (Å²) in [5.41, 5.74) is 1.65. The number of rotatable bonds is 7. The van der Waals surface area contributed by atoms with Crippen LogP contribution in [0.4, 0.5) is 4.39 Å². The van der Waals surface area contributed by atoms with Gasteiger partial charge in [-0.15, -0.1) is 10.2 Å². The third-order valence-electron chi connectivity index (χ3n) is 5.48. The second-order valence-electron chi connectivity index (χ2n) is 7.55. The maximum atomic E-state index is 13.5. The van der Waals surface area contributed by atoms with E-state index in [9.17, 15) is 9.18 Å². The van der Waals surface area contributed by atoms with Gasteiger partial charge < -0.3 is 10.2 Å². The lowest BCUT2D eigenvalue weighted by molar-refractivity contribution is -0.119. The van der Waals surface area contributed by atoms with Crippen LogP contribution in [0, 0.1) is 5.82 Å². The molecule has 2 heterocycles. The van der Waals surface area contributed by atoms with Crippen LogP contribution in [0.3, 0.4) is 0 Å². The number of carbonyl (C=O) groups is 1. The quantitative estimate of drug-likeness (QED) is 0.568. The first-order valence-electron chi connectivity index (χ1n) is 10.6. The average Bonchev–Trinajstić information content (AvgIpc) is 3.23. The van der Waals surface area contributed by atoms with Crippen LogP contribution in [0.2, 0.25) is 0 Å². The summed E-state index contributed by atoms with van der Waals surface area (Å²) in [6.07, 6.45) is 1.96. The van der Waals surface area contributed by atoms with Crippen LogP contribution in [-0.4, -0.2) is 57.0 Å². The molecule has 1 aliphatic heterocycles. The number of piperidine rings is 1. The van der Waals surface area contributed by atoms with Crippen molar-refractivity contribution in [3.8, 4) is 17.1 Å².